The second-order valence-corrected chi connectivity index (χ2v) is 8.49. The van der Waals surface area contributed by atoms with Gasteiger partial charge < -0.3 is 9.88 Å². The fourth-order valence-electron chi connectivity index (χ4n) is 5.10. The number of carbonyl (C=O) groups is 1. The SMILES string of the molecule is O=C(C1CCCN1Cc1ccccc1)N1CCC(n2c(=O)[nH]c3ccccc32)CC1. The Morgan fingerprint density at radius 1 is 0.933 bits per heavy atom. The lowest BCUT2D eigenvalue weighted by Crippen LogP contribution is -2.48. The lowest BCUT2D eigenvalue weighted by atomic mass is 10.0. The third-order valence-corrected chi connectivity index (χ3v) is 6.64. The van der Waals surface area contributed by atoms with Gasteiger partial charge in [0.15, 0.2) is 0 Å². The van der Waals surface area contributed by atoms with E-state index in [-0.39, 0.29) is 23.7 Å². The molecule has 2 aliphatic heterocycles. The standard InChI is InChI=1S/C24H28N4O2/c29-23(22-11-6-14-27(22)17-18-7-2-1-3-8-18)26-15-12-19(13-16-26)28-21-10-5-4-9-20(21)25-24(28)30/h1-5,7-10,19,22H,6,11-17H2,(H,25,30). The Bertz CT molecular complexity index is 1080. The number of likely N-dealkylation sites (tertiary alicyclic amines) is 2. The Kier molecular flexibility index (Phi) is 5.17. The minimum atomic E-state index is -0.0502. The van der Waals surface area contributed by atoms with Crippen LogP contribution in [0.25, 0.3) is 11.0 Å². The molecule has 6 nitrogen and oxygen atoms in total. The predicted octanol–water partition coefficient (Wildman–Crippen LogP) is 3.16. The van der Waals surface area contributed by atoms with Crippen LogP contribution in [0, 0.1) is 0 Å². The van der Waals surface area contributed by atoms with Crippen molar-refractivity contribution in [2.24, 2.45) is 0 Å². The number of piperidine rings is 1. The molecule has 5 rings (SSSR count). The molecule has 0 saturated carbocycles. The van der Waals surface area contributed by atoms with E-state index < -0.39 is 0 Å². The van der Waals surface area contributed by atoms with Gasteiger partial charge in [-0.2, -0.15) is 0 Å². The van der Waals surface area contributed by atoms with Crippen molar-refractivity contribution >= 4 is 16.9 Å². The van der Waals surface area contributed by atoms with Gasteiger partial charge in [0, 0.05) is 25.7 Å². The molecule has 0 bridgehead atoms. The molecular formula is C24H28N4O2. The number of nitrogens with one attached hydrogen (secondary N) is 1. The number of para-hydroxylation sites is 2. The van der Waals surface area contributed by atoms with Crippen molar-refractivity contribution in [2.75, 3.05) is 19.6 Å². The molecule has 3 aromatic rings. The largest absolute Gasteiger partial charge is 0.341 e. The van der Waals surface area contributed by atoms with Crippen LogP contribution in [0.1, 0.15) is 37.3 Å². The van der Waals surface area contributed by atoms with Crippen LogP contribution in [0.5, 0.6) is 0 Å². The van der Waals surface area contributed by atoms with E-state index in [4.69, 9.17) is 0 Å². The molecule has 2 saturated heterocycles. The monoisotopic (exact) mass is 404 g/mol. The van der Waals surface area contributed by atoms with Gasteiger partial charge in [0.25, 0.3) is 0 Å². The molecule has 2 aliphatic rings. The van der Waals surface area contributed by atoms with Crippen molar-refractivity contribution in [3.05, 3.63) is 70.6 Å². The summed E-state index contributed by atoms with van der Waals surface area (Å²) < 4.78 is 1.88. The van der Waals surface area contributed by atoms with Crippen molar-refractivity contribution in [3.63, 3.8) is 0 Å². The number of carbonyl (C=O) groups excluding carboxylic acids is 1. The summed E-state index contributed by atoms with van der Waals surface area (Å²) in [6.07, 6.45) is 3.65. The first-order chi connectivity index (χ1) is 14.7. The lowest BCUT2D eigenvalue weighted by molar-refractivity contribution is -0.137. The van der Waals surface area contributed by atoms with Crippen LogP contribution in [0.15, 0.2) is 59.4 Å². The van der Waals surface area contributed by atoms with Gasteiger partial charge in [-0.15, -0.1) is 0 Å². The molecule has 2 aromatic carbocycles. The molecule has 1 N–H and O–H groups in total. The van der Waals surface area contributed by atoms with Gasteiger partial charge in [-0.25, -0.2) is 4.79 Å². The molecule has 0 radical (unpaired) electrons. The Morgan fingerprint density at radius 2 is 1.67 bits per heavy atom. The van der Waals surface area contributed by atoms with E-state index in [9.17, 15) is 9.59 Å². The summed E-state index contributed by atoms with van der Waals surface area (Å²) >= 11 is 0. The van der Waals surface area contributed by atoms with Crippen LogP contribution in [-0.2, 0) is 11.3 Å². The van der Waals surface area contributed by atoms with E-state index in [1.807, 2.05) is 39.8 Å². The number of H-pyrrole nitrogens is 1. The smallest absolute Gasteiger partial charge is 0.326 e. The molecule has 0 aliphatic carbocycles. The molecule has 156 valence electrons. The summed E-state index contributed by atoms with van der Waals surface area (Å²) in [5, 5.41) is 0. The number of rotatable bonds is 4. The van der Waals surface area contributed by atoms with Crippen molar-refractivity contribution in [1.29, 1.82) is 0 Å². The molecule has 1 amide bonds. The number of hydrogen-bond donors (Lipinski definition) is 1. The Labute approximate surface area is 176 Å². The van der Waals surface area contributed by atoms with E-state index in [0.717, 1.165) is 49.8 Å². The number of hydrogen-bond acceptors (Lipinski definition) is 3. The number of aromatic amines is 1. The number of aromatic nitrogens is 2. The molecule has 3 heterocycles. The zero-order valence-corrected chi connectivity index (χ0v) is 17.2. The summed E-state index contributed by atoms with van der Waals surface area (Å²) in [5.41, 5.74) is 3.04. The third kappa shape index (κ3) is 3.56. The average molecular weight is 405 g/mol. The van der Waals surface area contributed by atoms with Crippen molar-refractivity contribution < 1.29 is 4.79 Å². The maximum absolute atomic E-state index is 13.3. The highest BCUT2D eigenvalue weighted by Crippen LogP contribution is 2.28. The topological polar surface area (TPSA) is 61.3 Å². The summed E-state index contributed by atoms with van der Waals surface area (Å²) in [7, 11) is 0. The third-order valence-electron chi connectivity index (χ3n) is 6.64. The summed E-state index contributed by atoms with van der Waals surface area (Å²) in [4.78, 5) is 33.1. The van der Waals surface area contributed by atoms with Crippen molar-refractivity contribution in [2.45, 2.75) is 44.3 Å². The quantitative estimate of drug-likeness (QED) is 0.727. The predicted molar refractivity (Wildman–Crippen MR) is 117 cm³/mol. The molecule has 1 unspecified atom stereocenters. The summed E-state index contributed by atoms with van der Waals surface area (Å²) in [6.45, 7) is 3.24. The van der Waals surface area contributed by atoms with Crippen molar-refractivity contribution in [3.8, 4) is 0 Å². The van der Waals surface area contributed by atoms with Gasteiger partial charge in [0.2, 0.25) is 5.91 Å². The minimum Gasteiger partial charge on any atom is -0.341 e. The first kappa shape index (κ1) is 19.1. The van der Waals surface area contributed by atoms with Gasteiger partial charge in [-0.1, -0.05) is 42.5 Å². The molecule has 30 heavy (non-hydrogen) atoms. The van der Waals surface area contributed by atoms with Crippen LogP contribution in [0.4, 0.5) is 0 Å². The molecular weight excluding hydrogens is 376 g/mol. The first-order valence-corrected chi connectivity index (χ1v) is 11.0. The Balaban J connectivity index is 1.25. The number of benzene rings is 2. The Hall–Kier alpha value is -2.86. The van der Waals surface area contributed by atoms with E-state index in [2.05, 4.69) is 34.1 Å². The highest BCUT2D eigenvalue weighted by molar-refractivity contribution is 5.82. The van der Waals surface area contributed by atoms with Gasteiger partial charge in [0.05, 0.1) is 17.1 Å². The fourth-order valence-corrected chi connectivity index (χ4v) is 5.10. The average Bonchev–Trinajstić information content (AvgIpc) is 3.37. The number of amides is 1. The Morgan fingerprint density at radius 3 is 2.47 bits per heavy atom. The number of fused-ring (bicyclic) bond motifs is 1. The fraction of sp³-hybridized carbons (Fsp3) is 0.417. The molecule has 2 fully saturated rings. The van der Waals surface area contributed by atoms with E-state index in [1.54, 1.807) is 0 Å². The zero-order valence-electron chi connectivity index (χ0n) is 17.2. The minimum absolute atomic E-state index is 0.0161. The van der Waals surface area contributed by atoms with E-state index in [1.165, 1.54) is 5.56 Å². The maximum atomic E-state index is 13.3. The maximum Gasteiger partial charge on any atom is 0.326 e. The zero-order chi connectivity index (χ0) is 20.5. The van der Waals surface area contributed by atoms with Crippen LogP contribution >= 0.6 is 0 Å². The molecule has 1 atom stereocenters. The first-order valence-electron chi connectivity index (χ1n) is 11.0. The lowest BCUT2D eigenvalue weighted by Gasteiger charge is -2.36. The second kappa shape index (κ2) is 8.11. The second-order valence-electron chi connectivity index (χ2n) is 8.49. The van der Waals surface area contributed by atoms with Gasteiger partial charge in [-0.3, -0.25) is 14.3 Å². The normalized spacial score (nSPS) is 20.8. The van der Waals surface area contributed by atoms with Crippen molar-refractivity contribution in [1.82, 2.24) is 19.4 Å². The summed E-state index contributed by atoms with van der Waals surface area (Å²) in [5.74, 6) is 0.258. The van der Waals surface area contributed by atoms with Gasteiger partial charge in [-0.05, 0) is 49.9 Å². The van der Waals surface area contributed by atoms with E-state index in [0.29, 0.717) is 13.1 Å². The van der Waals surface area contributed by atoms with Crippen LogP contribution < -0.4 is 5.69 Å². The highest BCUT2D eigenvalue weighted by Gasteiger charge is 2.35. The molecule has 6 heteroatoms. The van der Waals surface area contributed by atoms with Gasteiger partial charge >= 0.3 is 5.69 Å². The molecule has 1 aromatic heterocycles. The number of imidazole rings is 1. The van der Waals surface area contributed by atoms with Crippen LogP contribution in [-0.4, -0.2) is 50.9 Å². The van der Waals surface area contributed by atoms with E-state index >= 15 is 0 Å². The van der Waals surface area contributed by atoms with Crippen LogP contribution in [0.3, 0.4) is 0 Å². The molecule has 0 spiro atoms. The van der Waals surface area contributed by atoms with Crippen LogP contribution in [0.2, 0.25) is 0 Å². The van der Waals surface area contributed by atoms with Gasteiger partial charge in [0.1, 0.15) is 0 Å². The number of nitrogens with zero attached hydrogens (tertiary/aromatic N) is 3. The highest BCUT2D eigenvalue weighted by atomic mass is 16.2. The summed E-state index contributed by atoms with van der Waals surface area (Å²) in [6, 6.07) is 18.4.